The molecule has 0 saturated carbocycles. The molecule has 0 radical (unpaired) electrons. The third-order valence-electron chi connectivity index (χ3n) is 3.27. The van der Waals surface area contributed by atoms with Crippen molar-refractivity contribution in [3.63, 3.8) is 0 Å². The number of nitrogens with two attached hydrogens (primary N) is 1. The normalized spacial score (nSPS) is 12.4. The molecule has 106 valence electrons. The van der Waals surface area contributed by atoms with E-state index in [1.807, 2.05) is 30.3 Å². The van der Waals surface area contributed by atoms with Crippen LogP contribution in [0.3, 0.4) is 0 Å². The molecule has 0 saturated heterocycles. The predicted octanol–water partition coefficient (Wildman–Crippen LogP) is 2.77. The SMILES string of the molecule is NC(Cc1ccccc1)c1nc2ccc(C(=O)O)cc2o1. The molecule has 3 N–H and O–H groups in total. The maximum Gasteiger partial charge on any atom is 0.335 e. The fourth-order valence-electron chi connectivity index (χ4n) is 2.19. The van der Waals surface area contributed by atoms with Gasteiger partial charge in [0.2, 0.25) is 5.89 Å². The van der Waals surface area contributed by atoms with Crippen molar-refractivity contribution in [2.45, 2.75) is 12.5 Å². The Morgan fingerprint density at radius 3 is 2.71 bits per heavy atom. The summed E-state index contributed by atoms with van der Waals surface area (Å²) in [5.41, 5.74) is 8.43. The summed E-state index contributed by atoms with van der Waals surface area (Å²) in [4.78, 5) is 15.3. The minimum atomic E-state index is -0.997. The molecule has 0 aliphatic rings. The number of oxazole rings is 1. The van der Waals surface area contributed by atoms with Crippen LogP contribution in [0.2, 0.25) is 0 Å². The molecule has 0 spiro atoms. The van der Waals surface area contributed by atoms with Crippen molar-refractivity contribution in [3.8, 4) is 0 Å². The Morgan fingerprint density at radius 2 is 2.00 bits per heavy atom. The molecule has 1 heterocycles. The van der Waals surface area contributed by atoms with E-state index < -0.39 is 5.97 Å². The first-order valence-electron chi connectivity index (χ1n) is 6.57. The van der Waals surface area contributed by atoms with Gasteiger partial charge in [0.05, 0.1) is 11.6 Å². The fraction of sp³-hybridized carbons (Fsp3) is 0.125. The van der Waals surface area contributed by atoms with Crippen LogP contribution in [0.4, 0.5) is 0 Å². The second-order valence-corrected chi connectivity index (χ2v) is 4.84. The van der Waals surface area contributed by atoms with Crippen molar-refractivity contribution >= 4 is 17.1 Å². The molecule has 0 bridgehead atoms. The summed E-state index contributed by atoms with van der Waals surface area (Å²) in [5.74, 6) is -0.583. The molecular weight excluding hydrogens is 268 g/mol. The smallest absolute Gasteiger partial charge is 0.335 e. The molecule has 0 amide bonds. The summed E-state index contributed by atoms with van der Waals surface area (Å²) in [5, 5.41) is 8.97. The van der Waals surface area contributed by atoms with Crippen molar-refractivity contribution in [1.29, 1.82) is 0 Å². The van der Waals surface area contributed by atoms with E-state index in [1.54, 1.807) is 6.07 Å². The quantitative estimate of drug-likeness (QED) is 0.768. The van der Waals surface area contributed by atoms with E-state index in [9.17, 15) is 4.79 Å². The number of carbonyl (C=O) groups is 1. The summed E-state index contributed by atoms with van der Waals surface area (Å²) in [7, 11) is 0. The highest BCUT2D eigenvalue weighted by atomic mass is 16.4. The molecule has 5 nitrogen and oxygen atoms in total. The molecule has 1 aromatic heterocycles. The largest absolute Gasteiger partial charge is 0.478 e. The van der Waals surface area contributed by atoms with Crippen LogP contribution < -0.4 is 5.73 Å². The summed E-state index contributed by atoms with van der Waals surface area (Å²) < 4.78 is 5.59. The maximum atomic E-state index is 10.9. The van der Waals surface area contributed by atoms with Crippen LogP contribution in [-0.4, -0.2) is 16.1 Å². The number of hydrogen-bond acceptors (Lipinski definition) is 4. The number of carboxylic acid groups (broad SMARTS) is 1. The molecular formula is C16H14N2O3. The van der Waals surface area contributed by atoms with Gasteiger partial charge in [0.1, 0.15) is 5.52 Å². The third kappa shape index (κ3) is 2.78. The Kier molecular flexibility index (Phi) is 3.41. The number of fused-ring (bicyclic) bond motifs is 1. The lowest BCUT2D eigenvalue weighted by Crippen LogP contribution is -2.13. The van der Waals surface area contributed by atoms with Gasteiger partial charge in [-0.25, -0.2) is 9.78 Å². The monoisotopic (exact) mass is 282 g/mol. The number of benzene rings is 2. The lowest BCUT2D eigenvalue weighted by atomic mass is 10.1. The van der Waals surface area contributed by atoms with Gasteiger partial charge in [-0.1, -0.05) is 30.3 Å². The summed E-state index contributed by atoms with van der Waals surface area (Å²) in [6.45, 7) is 0. The van der Waals surface area contributed by atoms with E-state index in [4.69, 9.17) is 15.3 Å². The van der Waals surface area contributed by atoms with E-state index in [-0.39, 0.29) is 11.6 Å². The number of carboxylic acids is 1. The van der Waals surface area contributed by atoms with Gasteiger partial charge in [-0.3, -0.25) is 0 Å². The molecule has 3 aromatic rings. The Bertz CT molecular complexity index is 781. The van der Waals surface area contributed by atoms with Crippen LogP contribution in [0.15, 0.2) is 52.9 Å². The minimum absolute atomic E-state index is 0.168. The van der Waals surface area contributed by atoms with Gasteiger partial charge in [-0.15, -0.1) is 0 Å². The van der Waals surface area contributed by atoms with E-state index in [0.717, 1.165) is 5.56 Å². The van der Waals surface area contributed by atoms with E-state index >= 15 is 0 Å². The average molecular weight is 282 g/mol. The van der Waals surface area contributed by atoms with E-state index in [0.29, 0.717) is 23.4 Å². The Labute approximate surface area is 121 Å². The first-order valence-corrected chi connectivity index (χ1v) is 6.57. The second-order valence-electron chi connectivity index (χ2n) is 4.84. The number of hydrogen-bond donors (Lipinski definition) is 2. The fourth-order valence-corrected chi connectivity index (χ4v) is 2.19. The number of nitrogens with zero attached hydrogens (tertiary/aromatic N) is 1. The Morgan fingerprint density at radius 1 is 1.24 bits per heavy atom. The molecule has 1 unspecified atom stereocenters. The van der Waals surface area contributed by atoms with Gasteiger partial charge in [0, 0.05) is 0 Å². The molecule has 5 heteroatoms. The van der Waals surface area contributed by atoms with Gasteiger partial charge in [0.25, 0.3) is 0 Å². The first-order chi connectivity index (χ1) is 10.1. The van der Waals surface area contributed by atoms with Gasteiger partial charge in [-0.2, -0.15) is 0 Å². The molecule has 0 fully saturated rings. The van der Waals surface area contributed by atoms with Gasteiger partial charge in [-0.05, 0) is 30.2 Å². The molecule has 0 aliphatic heterocycles. The zero-order chi connectivity index (χ0) is 14.8. The van der Waals surface area contributed by atoms with Crippen LogP contribution in [0.5, 0.6) is 0 Å². The Balaban J connectivity index is 1.88. The average Bonchev–Trinajstić information content (AvgIpc) is 2.91. The third-order valence-corrected chi connectivity index (χ3v) is 3.27. The second kappa shape index (κ2) is 5.38. The summed E-state index contributed by atoms with van der Waals surface area (Å²) in [6, 6.07) is 14.1. The molecule has 2 aromatic carbocycles. The highest BCUT2D eigenvalue weighted by Crippen LogP contribution is 2.22. The van der Waals surface area contributed by atoms with Crippen molar-refractivity contribution in [2.24, 2.45) is 5.73 Å². The van der Waals surface area contributed by atoms with Crippen LogP contribution >= 0.6 is 0 Å². The highest BCUT2D eigenvalue weighted by molar-refractivity contribution is 5.91. The number of aromatic nitrogens is 1. The van der Waals surface area contributed by atoms with E-state index in [2.05, 4.69) is 4.98 Å². The maximum absolute atomic E-state index is 10.9. The predicted molar refractivity (Wildman–Crippen MR) is 78.0 cm³/mol. The topological polar surface area (TPSA) is 89.3 Å². The van der Waals surface area contributed by atoms with Crippen LogP contribution in [0, 0.1) is 0 Å². The van der Waals surface area contributed by atoms with Crippen LogP contribution in [0.1, 0.15) is 27.9 Å². The standard InChI is InChI=1S/C16H14N2O3/c17-12(8-10-4-2-1-3-5-10)15-18-13-7-6-11(16(19)20)9-14(13)21-15/h1-7,9,12H,8,17H2,(H,19,20). The summed E-state index contributed by atoms with van der Waals surface area (Å²) >= 11 is 0. The number of rotatable bonds is 4. The van der Waals surface area contributed by atoms with Gasteiger partial charge >= 0.3 is 5.97 Å². The minimum Gasteiger partial charge on any atom is -0.478 e. The zero-order valence-electron chi connectivity index (χ0n) is 11.2. The van der Waals surface area contributed by atoms with E-state index in [1.165, 1.54) is 12.1 Å². The molecule has 1 atom stereocenters. The molecule has 0 aliphatic carbocycles. The van der Waals surface area contributed by atoms with Crippen molar-refractivity contribution in [3.05, 3.63) is 65.5 Å². The lowest BCUT2D eigenvalue weighted by Gasteiger charge is -2.06. The Hall–Kier alpha value is -2.66. The summed E-state index contributed by atoms with van der Waals surface area (Å²) in [6.07, 6.45) is 0.611. The lowest BCUT2D eigenvalue weighted by molar-refractivity contribution is 0.0697. The molecule has 21 heavy (non-hydrogen) atoms. The van der Waals surface area contributed by atoms with Crippen LogP contribution in [-0.2, 0) is 6.42 Å². The van der Waals surface area contributed by atoms with Crippen molar-refractivity contribution < 1.29 is 14.3 Å². The molecule has 3 rings (SSSR count). The van der Waals surface area contributed by atoms with Crippen LogP contribution in [0.25, 0.3) is 11.1 Å². The van der Waals surface area contributed by atoms with Gasteiger partial charge < -0.3 is 15.3 Å². The zero-order valence-corrected chi connectivity index (χ0v) is 11.2. The van der Waals surface area contributed by atoms with Crippen molar-refractivity contribution in [1.82, 2.24) is 4.98 Å². The number of aromatic carboxylic acids is 1. The van der Waals surface area contributed by atoms with Gasteiger partial charge in [0.15, 0.2) is 5.58 Å². The highest BCUT2D eigenvalue weighted by Gasteiger charge is 2.15. The first kappa shape index (κ1) is 13.3. The van der Waals surface area contributed by atoms with Crippen molar-refractivity contribution in [2.75, 3.05) is 0 Å².